The molecule has 0 aliphatic heterocycles. The molecule has 6 nitrogen and oxygen atoms in total. The highest BCUT2D eigenvalue weighted by atomic mass is 17.2. The van der Waals surface area contributed by atoms with E-state index in [0.29, 0.717) is 12.8 Å². The summed E-state index contributed by atoms with van der Waals surface area (Å²) in [5, 5.41) is 0. The molecule has 110 valence electrons. The van der Waals surface area contributed by atoms with E-state index in [1.165, 1.54) is 21.3 Å². The number of hydrogen-bond acceptors (Lipinski definition) is 6. The Labute approximate surface area is 109 Å². The summed E-state index contributed by atoms with van der Waals surface area (Å²) in [6.07, 6.45) is 2.81. The van der Waals surface area contributed by atoms with Crippen molar-refractivity contribution in [2.75, 3.05) is 21.3 Å². The minimum absolute atomic E-state index is 0.0322. The first-order valence-electron chi connectivity index (χ1n) is 6.30. The van der Waals surface area contributed by atoms with Gasteiger partial charge >= 0.3 is 0 Å². The summed E-state index contributed by atoms with van der Waals surface area (Å²) < 4.78 is 0. The summed E-state index contributed by atoms with van der Waals surface area (Å²) in [7, 11) is 4.48. The molecule has 0 aliphatic carbocycles. The van der Waals surface area contributed by atoms with Gasteiger partial charge in [0.25, 0.3) is 0 Å². The zero-order chi connectivity index (χ0) is 13.8. The molecule has 18 heavy (non-hydrogen) atoms. The van der Waals surface area contributed by atoms with E-state index in [1.807, 2.05) is 13.8 Å². The molecule has 0 rings (SSSR count). The predicted octanol–water partition coefficient (Wildman–Crippen LogP) is 2.43. The van der Waals surface area contributed by atoms with E-state index in [1.54, 1.807) is 0 Å². The Morgan fingerprint density at radius 1 is 0.611 bits per heavy atom. The molecule has 0 saturated heterocycles. The van der Waals surface area contributed by atoms with E-state index in [9.17, 15) is 0 Å². The van der Waals surface area contributed by atoms with Crippen molar-refractivity contribution in [3.05, 3.63) is 0 Å². The zero-order valence-corrected chi connectivity index (χ0v) is 12.0. The molecule has 0 aromatic rings. The fourth-order valence-corrected chi connectivity index (χ4v) is 1.72. The third-order valence-corrected chi connectivity index (χ3v) is 2.66. The van der Waals surface area contributed by atoms with Crippen molar-refractivity contribution >= 4 is 0 Å². The Kier molecular flexibility index (Phi) is 11.7. The Balaban J connectivity index is 4.25. The second-order valence-electron chi connectivity index (χ2n) is 3.94. The van der Waals surface area contributed by atoms with Crippen LogP contribution in [0.3, 0.4) is 0 Å². The van der Waals surface area contributed by atoms with Gasteiger partial charge in [0.2, 0.25) is 0 Å². The van der Waals surface area contributed by atoms with Gasteiger partial charge in [0, 0.05) is 12.8 Å². The Bertz CT molecular complexity index is 162. The summed E-state index contributed by atoms with van der Waals surface area (Å²) in [5.74, 6) is 0. The fourth-order valence-electron chi connectivity index (χ4n) is 1.72. The van der Waals surface area contributed by atoms with Crippen molar-refractivity contribution in [3.63, 3.8) is 0 Å². The smallest absolute Gasteiger partial charge is 0.0981 e. The first-order chi connectivity index (χ1) is 8.71. The summed E-state index contributed by atoms with van der Waals surface area (Å²) in [6, 6.07) is 0. The largest absolute Gasteiger partial charge is 0.240 e. The van der Waals surface area contributed by atoms with Gasteiger partial charge in [0.15, 0.2) is 0 Å². The van der Waals surface area contributed by atoms with Crippen LogP contribution in [0.5, 0.6) is 0 Å². The van der Waals surface area contributed by atoms with Gasteiger partial charge in [-0.05, 0) is 12.8 Å². The molecule has 0 heterocycles. The van der Waals surface area contributed by atoms with Gasteiger partial charge < -0.3 is 0 Å². The van der Waals surface area contributed by atoms with Gasteiger partial charge in [0.05, 0.1) is 39.6 Å². The van der Waals surface area contributed by atoms with E-state index < -0.39 is 0 Å². The third-order valence-electron chi connectivity index (χ3n) is 2.66. The molecule has 2 unspecified atom stereocenters. The van der Waals surface area contributed by atoms with Crippen LogP contribution in [-0.2, 0) is 29.3 Å². The van der Waals surface area contributed by atoms with Gasteiger partial charge in [-0.25, -0.2) is 29.3 Å². The predicted molar refractivity (Wildman–Crippen MR) is 65.5 cm³/mol. The second-order valence-corrected chi connectivity index (χ2v) is 3.94. The highest BCUT2D eigenvalue weighted by molar-refractivity contribution is 4.68. The standard InChI is InChI=1S/C12H26O6/c1-6-10(16-13-3)8-12(18-15-5)9-11(7-2)17-14-4/h10-12H,6-9H2,1-5H3. The molecule has 0 fully saturated rings. The van der Waals surface area contributed by atoms with Gasteiger partial charge in [0.1, 0.15) is 0 Å². The van der Waals surface area contributed by atoms with Crippen LogP contribution in [0.2, 0.25) is 0 Å². The van der Waals surface area contributed by atoms with Crippen molar-refractivity contribution < 1.29 is 29.3 Å². The minimum Gasteiger partial charge on any atom is -0.240 e. The molecule has 0 N–H and O–H groups in total. The average molecular weight is 266 g/mol. The monoisotopic (exact) mass is 266 g/mol. The molecule has 0 radical (unpaired) electrons. The second kappa shape index (κ2) is 11.8. The van der Waals surface area contributed by atoms with Crippen LogP contribution >= 0.6 is 0 Å². The van der Waals surface area contributed by atoms with Crippen LogP contribution in [0.4, 0.5) is 0 Å². The number of hydrogen-bond donors (Lipinski definition) is 0. The van der Waals surface area contributed by atoms with Gasteiger partial charge in [-0.2, -0.15) is 0 Å². The van der Waals surface area contributed by atoms with Crippen molar-refractivity contribution in [1.82, 2.24) is 0 Å². The van der Waals surface area contributed by atoms with E-state index in [2.05, 4.69) is 0 Å². The number of rotatable bonds is 12. The summed E-state index contributed by atoms with van der Waals surface area (Å²) in [4.78, 5) is 29.7. The normalized spacial score (nSPS) is 16.5. The quantitative estimate of drug-likeness (QED) is 0.399. The van der Waals surface area contributed by atoms with Crippen LogP contribution < -0.4 is 0 Å². The van der Waals surface area contributed by atoms with Crippen molar-refractivity contribution in [1.29, 1.82) is 0 Å². The summed E-state index contributed by atoms with van der Waals surface area (Å²) in [6.45, 7) is 4.05. The maximum absolute atomic E-state index is 5.23. The molecule has 0 amide bonds. The molecule has 0 bridgehead atoms. The van der Waals surface area contributed by atoms with Crippen LogP contribution in [-0.4, -0.2) is 39.6 Å². The van der Waals surface area contributed by atoms with E-state index >= 15 is 0 Å². The van der Waals surface area contributed by atoms with E-state index in [0.717, 1.165) is 12.8 Å². The lowest BCUT2D eigenvalue weighted by molar-refractivity contribution is -0.350. The zero-order valence-electron chi connectivity index (χ0n) is 12.0. The lowest BCUT2D eigenvalue weighted by Crippen LogP contribution is -2.27. The van der Waals surface area contributed by atoms with Gasteiger partial charge in [-0.3, -0.25) is 0 Å². The van der Waals surface area contributed by atoms with Gasteiger partial charge in [-0.1, -0.05) is 13.8 Å². The lowest BCUT2D eigenvalue weighted by Gasteiger charge is -2.23. The van der Waals surface area contributed by atoms with Crippen LogP contribution in [0.25, 0.3) is 0 Å². The SMILES string of the molecule is CCC(CC(CC(CC)OOC)OOC)OOC. The van der Waals surface area contributed by atoms with Crippen molar-refractivity contribution in [2.45, 2.75) is 57.8 Å². The molecule has 6 heteroatoms. The Morgan fingerprint density at radius 2 is 0.944 bits per heavy atom. The highest BCUT2D eigenvalue weighted by Crippen LogP contribution is 2.17. The Morgan fingerprint density at radius 3 is 1.22 bits per heavy atom. The molecule has 0 aliphatic rings. The molecule has 2 atom stereocenters. The molecule has 0 spiro atoms. The van der Waals surface area contributed by atoms with Crippen molar-refractivity contribution in [3.8, 4) is 0 Å². The van der Waals surface area contributed by atoms with Crippen molar-refractivity contribution in [2.24, 2.45) is 0 Å². The van der Waals surface area contributed by atoms with Crippen LogP contribution in [0.15, 0.2) is 0 Å². The van der Waals surface area contributed by atoms with E-state index in [4.69, 9.17) is 29.3 Å². The third kappa shape index (κ3) is 7.97. The molecular weight excluding hydrogens is 240 g/mol. The van der Waals surface area contributed by atoms with Crippen LogP contribution in [0, 0.1) is 0 Å². The first-order valence-corrected chi connectivity index (χ1v) is 6.30. The molecular formula is C12H26O6. The minimum atomic E-state index is -0.129. The molecule has 0 aromatic carbocycles. The van der Waals surface area contributed by atoms with Gasteiger partial charge in [-0.15, -0.1) is 0 Å². The molecule has 0 aromatic heterocycles. The highest BCUT2D eigenvalue weighted by Gasteiger charge is 2.22. The summed E-state index contributed by atoms with van der Waals surface area (Å²) >= 11 is 0. The summed E-state index contributed by atoms with van der Waals surface area (Å²) in [5.41, 5.74) is 0. The Hall–Kier alpha value is -0.240. The maximum atomic E-state index is 5.23. The lowest BCUT2D eigenvalue weighted by atomic mass is 10.0. The first kappa shape index (κ1) is 17.8. The van der Waals surface area contributed by atoms with E-state index in [-0.39, 0.29) is 18.3 Å². The fraction of sp³-hybridized carbons (Fsp3) is 1.00. The average Bonchev–Trinajstić information content (AvgIpc) is 2.37. The molecule has 0 saturated carbocycles. The van der Waals surface area contributed by atoms with Crippen LogP contribution in [0.1, 0.15) is 39.5 Å². The topological polar surface area (TPSA) is 55.4 Å². The maximum Gasteiger partial charge on any atom is 0.0981 e.